The van der Waals surface area contributed by atoms with Crippen LogP contribution in [-0.4, -0.2) is 11.2 Å². The Bertz CT molecular complexity index is 342. The van der Waals surface area contributed by atoms with Crippen LogP contribution >= 0.6 is 11.3 Å². The first kappa shape index (κ1) is 13.1. The van der Waals surface area contributed by atoms with Crippen LogP contribution in [0.3, 0.4) is 0 Å². The van der Waals surface area contributed by atoms with Gasteiger partial charge in [-0.2, -0.15) is 0 Å². The topological polar surface area (TPSA) is 20.2 Å². The first-order valence-electron chi connectivity index (χ1n) is 6.69. The third-order valence-corrected chi connectivity index (χ3v) is 5.17. The SMILES string of the molecule is CC1CCC(C(C)(C)Cc2cccs2)C(O)C1. The van der Waals surface area contributed by atoms with Crippen LogP contribution < -0.4 is 0 Å². The van der Waals surface area contributed by atoms with E-state index in [4.69, 9.17) is 0 Å². The number of hydrogen-bond donors (Lipinski definition) is 1. The molecule has 3 atom stereocenters. The van der Waals surface area contributed by atoms with Crippen LogP contribution in [0.15, 0.2) is 17.5 Å². The largest absolute Gasteiger partial charge is 0.393 e. The number of aliphatic hydroxyl groups excluding tert-OH is 1. The van der Waals surface area contributed by atoms with E-state index in [-0.39, 0.29) is 11.5 Å². The Kier molecular flexibility index (Phi) is 3.94. The van der Waals surface area contributed by atoms with Gasteiger partial charge in [-0.3, -0.25) is 0 Å². The molecule has 2 rings (SSSR count). The van der Waals surface area contributed by atoms with Crippen LogP contribution in [0.25, 0.3) is 0 Å². The second-order valence-electron chi connectivity index (χ2n) is 6.34. The molecule has 1 nitrogen and oxygen atoms in total. The van der Waals surface area contributed by atoms with Crippen molar-refractivity contribution in [1.82, 2.24) is 0 Å². The molecule has 1 aliphatic rings. The smallest absolute Gasteiger partial charge is 0.0576 e. The van der Waals surface area contributed by atoms with Gasteiger partial charge in [-0.25, -0.2) is 0 Å². The van der Waals surface area contributed by atoms with Gasteiger partial charge in [0.1, 0.15) is 0 Å². The molecule has 2 heteroatoms. The van der Waals surface area contributed by atoms with Crippen LogP contribution in [0.4, 0.5) is 0 Å². The summed E-state index contributed by atoms with van der Waals surface area (Å²) in [4.78, 5) is 1.45. The zero-order valence-corrected chi connectivity index (χ0v) is 12.0. The fourth-order valence-electron chi connectivity index (χ4n) is 3.26. The second kappa shape index (κ2) is 5.11. The van der Waals surface area contributed by atoms with Gasteiger partial charge in [0.2, 0.25) is 0 Å². The lowest BCUT2D eigenvalue weighted by Crippen LogP contribution is -2.39. The Morgan fingerprint density at radius 2 is 2.18 bits per heavy atom. The molecule has 1 aliphatic carbocycles. The van der Waals surface area contributed by atoms with E-state index in [9.17, 15) is 5.11 Å². The van der Waals surface area contributed by atoms with E-state index in [1.54, 1.807) is 0 Å². The van der Waals surface area contributed by atoms with Gasteiger partial charge in [-0.05, 0) is 48.0 Å². The van der Waals surface area contributed by atoms with Gasteiger partial charge in [-0.15, -0.1) is 11.3 Å². The number of hydrogen-bond acceptors (Lipinski definition) is 2. The maximum atomic E-state index is 10.3. The predicted octanol–water partition coefficient (Wildman–Crippen LogP) is 4.11. The van der Waals surface area contributed by atoms with E-state index in [0.29, 0.717) is 11.8 Å². The lowest BCUT2D eigenvalue weighted by Gasteiger charge is -2.42. The Labute approximate surface area is 109 Å². The Balaban J connectivity index is 2.04. The van der Waals surface area contributed by atoms with Crippen LogP contribution in [0.5, 0.6) is 0 Å². The van der Waals surface area contributed by atoms with E-state index < -0.39 is 0 Å². The van der Waals surface area contributed by atoms with Gasteiger partial charge >= 0.3 is 0 Å². The average molecular weight is 252 g/mol. The molecule has 96 valence electrons. The van der Waals surface area contributed by atoms with Gasteiger partial charge < -0.3 is 5.11 Å². The van der Waals surface area contributed by atoms with Crippen molar-refractivity contribution >= 4 is 11.3 Å². The number of thiophene rings is 1. The Morgan fingerprint density at radius 3 is 2.76 bits per heavy atom. The van der Waals surface area contributed by atoms with Gasteiger partial charge in [-0.1, -0.05) is 33.3 Å². The summed E-state index contributed by atoms with van der Waals surface area (Å²) in [6, 6.07) is 4.33. The molecule has 1 N–H and O–H groups in total. The molecule has 0 bridgehead atoms. The summed E-state index contributed by atoms with van der Waals surface area (Å²) < 4.78 is 0. The molecule has 0 aromatic carbocycles. The van der Waals surface area contributed by atoms with Crippen LogP contribution in [-0.2, 0) is 6.42 Å². The average Bonchev–Trinajstić information content (AvgIpc) is 2.68. The van der Waals surface area contributed by atoms with E-state index in [2.05, 4.69) is 38.3 Å². The molecule has 17 heavy (non-hydrogen) atoms. The molecule has 1 saturated carbocycles. The third kappa shape index (κ3) is 3.11. The first-order valence-corrected chi connectivity index (χ1v) is 7.57. The van der Waals surface area contributed by atoms with Crippen LogP contribution in [0.2, 0.25) is 0 Å². The highest BCUT2D eigenvalue weighted by Gasteiger charge is 2.38. The van der Waals surface area contributed by atoms with Crippen molar-refractivity contribution in [3.63, 3.8) is 0 Å². The fourth-order valence-corrected chi connectivity index (χ4v) is 4.20. The van der Waals surface area contributed by atoms with Crippen LogP contribution in [0, 0.1) is 17.3 Å². The van der Waals surface area contributed by atoms with Crippen LogP contribution in [0.1, 0.15) is 44.9 Å². The first-order chi connectivity index (χ1) is 7.99. The summed E-state index contributed by atoms with van der Waals surface area (Å²) in [6.07, 6.45) is 4.43. The lowest BCUT2D eigenvalue weighted by atomic mass is 9.66. The Morgan fingerprint density at radius 1 is 1.41 bits per heavy atom. The minimum absolute atomic E-state index is 0.103. The molecule has 0 spiro atoms. The summed E-state index contributed by atoms with van der Waals surface area (Å²) in [5.41, 5.74) is 0.213. The summed E-state index contributed by atoms with van der Waals surface area (Å²) in [6.45, 7) is 6.89. The summed E-state index contributed by atoms with van der Waals surface area (Å²) in [5.74, 6) is 1.15. The van der Waals surface area contributed by atoms with E-state index in [1.165, 1.54) is 17.7 Å². The fraction of sp³-hybridized carbons (Fsp3) is 0.733. The van der Waals surface area contributed by atoms with Crippen molar-refractivity contribution in [2.24, 2.45) is 17.3 Å². The minimum atomic E-state index is -0.103. The van der Waals surface area contributed by atoms with Crippen molar-refractivity contribution in [1.29, 1.82) is 0 Å². The Hall–Kier alpha value is -0.340. The zero-order chi connectivity index (χ0) is 12.5. The van der Waals surface area contributed by atoms with Gasteiger partial charge in [0.25, 0.3) is 0 Å². The van der Waals surface area contributed by atoms with Crippen molar-refractivity contribution < 1.29 is 5.11 Å². The highest BCUT2D eigenvalue weighted by Crippen LogP contribution is 2.42. The molecule has 0 saturated heterocycles. The van der Waals surface area contributed by atoms with Crippen molar-refractivity contribution in [3.8, 4) is 0 Å². The van der Waals surface area contributed by atoms with Gasteiger partial charge in [0.15, 0.2) is 0 Å². The molecule has 1 fully saturated rings. The molecule has 1 aromatic heterocycles. The highest BCUT2D eigenvalue weighted by atomic mass is 32.1. The number of aliphatic hydroxyl groups is 1. The monoisotopic (exact) mass is 252 g/mol. The molecule has 0 amide bonds. The molecule has 1 aromatic rings. The summed E-state index contributed by atoms with van der Waals surface area (Å²) in [5, 5.41) is 12.5. The summed E-state index contributed by atoms with van der Waals surface area (Å²) >= 11 is 1.83. The van der Waals surface area contributed by atoms with Crippen molar-refractivity contribution in [2.75, 3.05) is 0 Å². The molecular formula is C15H24OS. The highest BCUT2D eigenvalue weighted by molar-refractivity contribution is 7.09. The second-order valence-corrected chi connectivity index (χ2v) is 7.37. The molecule has 0 radical (unpaired) electrons. The quantitative estimate of drug-likeness (QED) is 0.858. The van der Waals surface area contributed by atoms with Crippen molar-refractivity contribution in [3.05, 3.63) is 22.4 Å². The maximum Gasteiger partial charge on any atom is 0.0576 e. The third-order valence-electron chi connectivity index (χ3n) is 4.29. The molecular weight excluding hydrogens is 228 g/mol. The normalized spacial score (nSPS) is 30.5. The summed E-state index contributed by atoms with van der Waals surface area (Å²) in [7, 11) is 0. The molecule has 0 aliphatic heterocycles. The van der Waals surface area contributed by atoms with E-state index in [0.717, 1.165) is 12.8 Å². The van der Waals surface area contributed by atoms with Gasteiger partial charge in [0, 0.05) is 4.88 Å². The number of rotatable bonds is 3. The maximum absolute atomic E-state index is 10.3. The van der Waals surface area contributed by atoms with E-state index in [1.807, 2.05) is 11.3 Å². The van der Waals surface area contributed by atoms with Gasteiger partial charge in [0.05, 0.1) is 6.10 Å². The van der Waals surface area contributed by atoms with E-state index >= 15 is 0 Å². The lowest BCUT2D eigenvalue weighted by molar-refractivity contribution is -0.0122. The standard InChI is InChI=1S/C15H24OS/c1-11-6-7-13(14(16)9-11)15(2,3)10-12-5-4-8-17-12/h4-5,8,11,13-14,16H,6-7,9-10H2,1-3H3. The predicted molar refractivity (Wildman–Crippen MR) is 74.3 cm³/mol. The minimum Gasteiger partial charge on any atom is -0.393 e. The molecule has 3 unspecified atom stereocenters. The van der Waals surface area contributed by atoms with Crippen molar-refractivity contribution in [2.45, 2.75) is 52.6 Å². The molecule has 1 heterocycles. The zero-order valence-electron chi connectivity index (χ0n) is 11.1.